The lowest BCUT2D eigenvalue weighted by Gasteiger charge is -2.05. The molecule has 0 saturated heterocycles. The lowest BCUT2D eigenvalue weighted by Crippen LogP contribution is -2.11. The molecule has 0 aliphatic rings. The van der Waals surface area contributed by atoms with Crippen molar-refractivity contribution >= 4 is 27.3 Å². The number of aromatic nitrogens is 2. The Kier molecular flexibility index (Phi) is 4.68. The second-order valence-corrected chi connectivity index (χ2v) is 5.69. The van der Waals surface area contributed by atoms with Gasteiger partial charge >= 0.3 is 0 Å². The van der Waals surface area contributed by atoms with E-state index in [1.54, 1.807) is 0 Å². The first-order chi connectivity index (χ1) is 8.69. The van der Waals surface area contributed by atoms with Gasteiger partial charge in [-0.1, -0.05) is 45.4 Å². The number of hydrogen-bond acceptors (Lipinski definition) is 5. The van der Waals surface area contributed by atoms with Gasteiger partial charge in [0.15, 0.2) is 0 Å². The molecular formula is C12H14BrN3OS. The molecule has 18 heavy (non-hydrogen) atoms. The summed E-state index contributed by atoms with van der Waals surface area (Å²) in [6.45, 7) is 5.71. The van der Waals surface area contributed by atoms with Crippen LogP contribution < -0.4 is 10.1 Å². The number of rotatable bonds is 5. The van der Waals surface area contributed by atoms with Gasteiger partial charge in [-0.05, 0) is 31.2 Å². The Balaban J connectivity index is 2.08. The number of nitrogens with one attached hydrogen (secondary N) is 1. The Morgan fingerprint density at radius 2 is 2.22 bits per heavy atom. The average Bonchev–Trinajstić information content (AvgIpc) is 2.79. The van der Waals surface area contributed by atoms with Gasteiger partial charge in [0.1, 0.15) is 10.8 Å². The third-order valence-electron chi connectivity index (χ3n) is 2.32. The summed E-state index contributed by atoms with van der Waals surface area (Å²) in [5.41, 5.74) is 1.07. The summed E-state index contributed by atoms with van der Waals surface area (Å²) in [4.78, 5) is 0. The molecule has 1 N–H and O–H groups in total. The van der Waals surface area contributed by atoms with Crippen LogP contribution in [-0.2, 0) is 6.54 Å². The molecule has 0 fully saturated rings. The third-order valence-corrected chi connectivity index (χ3v) is 3.62. The van der Waals surface area contributed by atoms with Crippen molar-refractivity contribution in [3.8, 4) is 10.9 Å². The second-order valence-electron chi connectivity index (χ2n) is 3.75. The molecule has 0 radical (unpaired) electrons. The van der Waals surface area contributed by atoms with Crippen molar-refractivity contribution in [3.05, 3.63) is 33.2 Å². The molecule has 0 saturated carbocycles. The molecule has 2 rings (SSSR count). The molecule has 0 aliphatic heterocycles. The normalized spacial score (nSPS) is 10.6. The molecule has 1 aromatic heterocycles. The largest absolute Gasteiger partial charge is 0.429 e. The summed E-state index contributed by atoms with van der Waals surface area (Å²) in [6.07, 6.45) is 0. The summed E-state index contributed by atoms with van der Waals surface area (Å²) < 4.78 is 6.72. The van der Waals surface area contributed by atoms with Gasteiger partial charge < -0.3 is 10.1 Å². The molecule has 6 heteroatoms. The van der Waals surface area contributed by atoms with E-state index in [9.17, 15) is 0 Å². The molecule has 0 bridgehead atoms. The van der Waals surface area contributed by atoms with Gasteiger partial charge in [-0.15, -0.1) is 5.10 Å². The van der Waals surface area contributed by atoms with Crippen LogP contribution in [0.2, 0.25) is 0 Å². The van der Waals surface area contributed by atoms with Crippen LogP contribution in [0, 0.1) is 6.92 Å². The molecule has 0 unspecified atom stereocenters. The van der Waals surface area contributed by atoms with Gasteiger partial charge in [0, 0.05) is 11.0 Å². The Hall–Kier alpha value is -0.980. The van der Waals surface area contributed by atoms with Gasteiger partial charge in [-0.3, -0.25) is 0 Å². The predicted molar refractivity (Wildman–Crippen MR) is 76.2 cm³/mol. The zero-order valence-corrected chi connectivity index (χ0v) is 12.6. The molecule has 0 amide bonds. The first-order valence-corrected chi connectivity index (χ1v) is 7.27. The van der Waals surface area contributed by atoms with E-state index in [0.29, 0.717) is 5.19 Å². The highest BCUT2D eigenvalue weighted by atomic mass is 79.9. The fourth-order valence-corrected chi connectivity index (χ4v) is 2.37. The molecule has 1 aromatic carbocycles. The molecule has 2 aromatic rings. The second kappa shape index (κ2) is 6.26. The van der Waals surface area contributed by atoms with Crippen LogP contribution in [0.3, 0.4) is 0 Å². The van der Waals surface area contributed by atoms with E-state index in [1.807, 2.05) is 25.1 Å². The molecule has 96 valence electrons. The third kappa shape index (κ3) is 3.51. The lowest BCUT2D eigenvalue weighted by atomic mass is 10.2. The van der Waals surface area contributed by atoms with Crippen molar-refractivity contribution in [2.24, 2.45) is 0 Å². The van der Waals surface area contributed by atoms with Crippen molar-refractivity contribution in [1.29, 1.82) is 0 Å². The highest BCUT2D eigenvalue weighted by molar-refractivity contribution is 9.10. The Morgan fingerprint density at radius 3 is 3.00 bits per heavy atom. The van der Waals surface area contributed by atoms with Crippen molar-refractivity contribution in [2.75, 3.05) is 6.54 Å². The van der Waals surface area contributed by atoms with Crippen LogP contribution in [0.15, 0.2) is 22.7 Å². The van der Waals surface area contributed by atoms with E-state index in [2.05, 4.69) is 38.4 Å². The van der Waals surface area contributed by atoms with Gasteiger partial charge in [-0.2, -0.15) is 0 Å². The van der Waals surface area contributed by atoms with Crippen LogP contribution in [0.25, 0.3) is 0 Å². The lowest BCUT2D eigenvalue weighted by molar-refractivity contribution is 0.469. The van der Waals surface area contributed by atoms with Gasteiger partial charge in [0.05, 0.1) is 0 Å². The monoisotopic (exact) mass is 327 g/mol. The molecule has 0 atom stereocenters. The standard InChI is InChI=1S/C12H14BrN3OS/c1-3-14-7-11-15-16-12(18-11)17-10-6-9(13)5-4-8(10)2/h4-6,14H,3,7H2,1-2H3. The number of benzene rings is 1. The van der Waals surface area contributed by atoms with Crippen LogP contribution >= 0.6 is 27.3 Å². The smallest absolute Gasteiger partial charge is 0.299 e. The maximum absolute atomic E-state index is 5.74. The average molecular weight is 328 g/mol. The molecule has 0 spiro atoms. The Morgan fingerprint density at radius 1 is 1.39 bits per heavy atom. The van der Waals surface area contributed by atoms with Crippen LogP contribution in [0.4, 0.5) is 0 Å². The van der Waals surface area contributed by atoms with Gasteiger partial charge in [0.25, 0.3) is 5.19 Å². The number of ether oxygens (including phenoxy) is 1. The number of hydrogen-bond donors (Lipinski definition) is 1. The maximum Gasteiger partial charge on any atom is 0.299 e. The van der Waals surface area contributed by atoms with Crippen molar-refractivity contribution in [2.45, 2.75) is 20.4 Å². The van der Waals surface area contributed by atoms with Crippen LogP contribution in [0.5, 0.6) is 10.9 Å². The fourth-order valence-electron chi connectivity index (χ4n) is 1.36. The fraction of sp³-hybridized carbons (Fsp3) is 0.333. The van der Waals surface area contributed by atoms with E-state index < -0.39 is 0 Å². The zero-order chi connectivity index (χ0) is 13.0. The van der Waals surface area contributed by atoms with Crippen LogP contribution in [-0.4, -0.2) is 16.7 Å². The maximum atomic E-state index is 5.74. The summed E-state index contributed by atoms with van der Waals surface area (Å²) in [5.74, 6) is 0.801. The minimum Gasteiger partial charge on any atom is -0.429 e. The Bertz CT molecular complexity index is 530. The van der Waals surface area contributed by atoms with E-state index in [0.717, 1.165) is 33.9 Å². The predicted octanol–water partition coefficient (Wildman–Crippen LogP) is 3.51. The quantitative estimate of drug-likeness (QED) is 0.912. The highest BCUT2D eigenvalue weighted by Crippen LogP contribution is 2.29. The topological polar surface area (TPSA) is 47.0 Å². The van der Waals surface area contributed by atoms with Crippen molar-refractivity contribution < 1.29 is 4.74 Å². The summed E-state index contributed by atoms with van der Waals surface area (Å²) >= 11 is 4.89. The van der Waals surface area contributed by atoms with Crippen molar-refractivity contribution in [1.82, 2.24) is 15.5 Å². The van der Waals surface area contributed by atoms with Crippen molar-refractivity contribution in [3.63, 3.8) is 0 Å². The van der Waals surface area contributed by atoms with Gasteiger partial charge in [0.2, 0.25) is 0 Å². The van der Waals surface area contributed by atoms with E-state index in [-0.39, 0.29) is 0 Å². The molecular weight excluding hydrogens is 314 g/mol. The minimum absolute atomic E-state index is 0.573. The number of halogens is 1. The SMILES string of the molecule is CCNCc1nnc(Oc2cc(Br)ccc2C)s1. The summed E-state index contributed by atoms with van der Waals surface area (Å²) in [5, 5.41) is 12.8. The van der Waals surface area contributed by atoms with Gasteiger partial charge in [-0.25, -0.2) is 0 Å². The first kappa shape index (κ1) is 13.5. The Labute approximate surface area is 119 Å². The highest BCUT2D eigenvalue weighted by Gasteiger charge is 2.08. The molecule has 1 heterocycles. The van der Waals surface area contributed by atoms with E-state index in [1.165, 1.54) is 11.3 Å². The van der Waals surface area contributed by atoms with Crippen LogP contribution in [0.1, 0.15) is 17.5 Å². The number of aryl methyl sites for hydroxylation is 1. The molecule has 0 aliphatic carbocycles. The molecule has 4 nitrogen and oxygen atoms in total. The number of nitrogens with zero attached hydrogens (tertiary/aromatic N) is 2. The first-order valence-electron chi connectivity index (χ1n) is 5.66. The van der Waals surface area contributed by atoms with E-state index in [4.69, 9.17) is 4.74 Å². The summed E-state index contributed by atoms with van der Waals surface area (Å²) in [7, 11) is 0. The summed E-state index contributed by atoms with van der Waals surface area (Å²) in [6, 6.07) is 5.92. The minimum atomic E-state index is 0.573. The zero-order valence-electron chi connectivity index (χ0n) is 10.2. The van der Waals surface area contributed by atoms with E-state index >= 15 is 0 Å².